The van der Waals surface area contributed by atoms with E-state index in [1.165, 1.54) is 31.3 Å². The Morgan fingerprint density at radius 2 is 2.00 bits per heavy atom. The third-order valence-electron chi connectivity index (χ3n) is 3.17. The standard InChI is InChI=1S/C12H22O/c1-3-12(2,13)11-9-7-5-4-6-8-10-11/h9,13H,3-8,10H2,1-2H3/b11-9+. The number of hydrogen-bond acceptors (Lipinski definition) is 1. The molecule has 1 rings (SSSR count). The van der Waals surface area contributed by atoms with Crippen LogP contribution in [0.2, 0.25) is 0 Å². The number of aliphatic hydroxyl groups is 1. The number of rotatable bonds is 2. The average molecular weight is 182 g/mol. The lowest BCUT2D eigenvalue weighted by Gasteiger charge is -2.26. The molecule has 0 spiro atoms. The molecule has 76 valence electrons. The summed E-state index contributed by atoms with van der Waals surface area (Å²) in [6.45, 7) is 4.00. The van der Waals surface area contributed by atoms with Gasteiger partial charge in [-0.1, -0.05) is 25.8 Å². The lowest BCUT2D eigenvalue weighted by molar-refractivity contribution is 0.0895. The van der Waals surface area contributed by atoms with Crippen LogP contribution in [0, 0.1) is 0 Å². The van der Waals surface area contributed by atoms with E-state index in [-0.39, 0.29) is 0 Å². The highest BCUT2D eigenvalue weighted by molar-refractivity contribution is 5.15. The lowest BCUT2D eigenvalue weighted by atomic mass is 9.86. The van der Waals surface area contributed by atoms with Crippen molar-refractivity contribution in [2.45, 2.75) is 64.4 Å². The SMILES string of the molecule is CCC(C)(O)/C1=C/CCCCCC1. The minimum absolute atomic E-state index is 0.544. The first-order valence-corrected chi connectivity index (χ1v) is 5.58. The molecule has 1 heteroatoms. The van der Waals surface area contributed by atoms with E-state index in [0.29, 0.717) is 0 Å². The van der Waals surface area contributed by atoms with Crippen molar-refractivity contribution in [3.8, 4) is 0 Å². The fourth-order valence-corrected chi connectivity index (χ4v) is 1.91. The molecule has 1 unspecified atom stereocenters. The van der Waals surface area contributed by atoms with Crippen LogP contribution in [0.15, 0.2) is 11.6 Å². The van der Waals surface area contributed by atoms with E-state index in [4.69, 9.17) is 0 Å². The van der Waals surface area contributed by atoms with Crippen molar-refractivity contribution in [1.82, 2.24) is 0 Å². The molecule has 0 aromatic carbocycles. The molecule has 0 aromatic rings. The fraction of sp³-hybridized carbons (Fsp3) is 0.833. The summed E-state index contributed by atoms with van der Waals surface area (Å²) in [4.78, 5) is 0. The molecule has 1 atom stereocenters. The van der Waals surface area contributed by atoms with E-state index in [1.54, 1.807) is 0 Å². The summed E-state index contributed by atoms with van der Waals surface area (Å²) in [5.41, 5.74) is 0.729. The van der Waals surface area contributed by atoms with E-state index < -0.39 is 5.60 Å². The second-order valence-corrected chi connectivity index (χ2v) is 4.31. The van der Waals surface area contributed by atoms with E-state index in [9.17, 15) is 5.11 Å². The van der Waals surface area contributed by atoms with Crippen molar-refractivity contribution in [1.29, 1.82) is 0 Å². The Morgan fingerprint density at radius 3 is 2.69 bits per heavy atom. The van der Waals surface area contributed by atoms with Crippen molar-refractivity contribution < 1.29 is 5.11 Å². The Kier molecular flexibility index (Phi) is 3.98. The van der Waals surface area contributed by atoms with Crippen LogP contribution < -0.4 is 0 Å². The minimum atomic E-state index is -0.544. The van der Waals surface area contributed by atoms with Gasteiger partial charge >= 0.3 is 0 Å². The summed E-state index contributed by atoms with van der Waals surface area (Å²) >= 11 is 0. The van der Waals surface area contributed by atoms with Crippen LogP contribution >= 0.6 is 0 Å². The summed E-state index contributed by atoms with van der Waals surface area (Å²) in [6, 6.07) is 0. The molecule has 0 amide bonds. The largest absolute Gasteiger partial charge is 0.386 e. The molecule has 1 aliphatic carbocycles. The Hall–Kier alpha value is -0.300. The molecule has 0 aromatic heterocycles. The Morgan fingerprint density at radius 1 is 1.31 bits per heavy atom. The topological polar surface area (TPSA) is 20.2 Å². The molecule has 0 radical (unpaired) electrons. The molecule has 0 bridgehead atoms. The van der Waals surface area contributed by atoms with Crippen LogP contribution in [0.1, 0.15) is 58.8 Å². The van der Waals surface area contributed by atoms with Crippen molar-refractivity contribution >= 4 is 0 Å². The molecule has 13 heavy (non-hydrogen) atoms. The van der Waals surface area contributed by atoms with Crippen LogP contribution in [-0.2, 0) is 0 Å². The van der Waals surface area contributed by atoms with Crippen molar-refractivity contribution in [2.75, 3.05) is 0 Å². The van der Waals surface area contributed by atoms with Gasteiger partial charge in [-0.05, 0) is 44.6 Å². The summed E-state index contributed by atoms with van der Waals surface area (Å²) < 4.78 is 0. The van der Waals surface area contributed by atoms with Crippen LogP contribution in [0.25, 0.3) is 0 Å². The van der Waals surface area contributed by atoms with Gasteiger partial charge in [0.05, 0.1) is 5.60 Å². The predicted octanol–water partition coefficient (Wildman–Crippen LogP) is 3.43. The zero-order valence-electron chi connectivity index (χ0n) is 8.97. The molecule has 0 saturated heterocycles. The van der Waals surface area contributed by atoms with Crippen LogP contribution in [0.3, 0.4) is 0 Å². The maximum Gasteiger partial charge on any atom is 0.0826 e. The van der Waals surface area contributed by atoms with Gasteiger partial charge in [-0.2, -0.15) is 0 Å². The first-order chi connectivity index (χ1) is 6.17. The average Bonchev–Trinajstić information content (AvgIpc) is 2.03. The molecule has 1 N–H and O–H groups in total. The van der Waals surface area contributed by atoms with Gasteiger partial charge in [0.2, 0.25) is 0 Å². The second-order valence-electron chi connectivity index (χ2n) is 4.31. The monoisotopic (exact) mass is 182 g/mol. The quantitative estimate of drug-likeness (QED) is 0.649. The molecule has 1 nitrogen and oxygen atoms in total. The van der Waals surface area contributed by atoms with E-state index in [2.05, 4.69) is 13.0 Å². The maximum absolute atomic E-state index is 10.1. The first-order valence-electron chi connectivity index (χ1n) is 5.58. The fourth-order valence-electron chi connectivity index (χ4n) is 1.91. The Labute approximate surface area is 81.9 Å². The molecule has 0 heterocycles. The van der Waals surface area contributed by atoms with Crippen molar-refractivity contribution in [3.63, 3.8) is 0 Å². The molecule has 0 saturated carbocycles. The molecular weight excluding hydrogens is 160 g/mol. The normalized spacial score (nSPS) is 28.1. The highest BCUT2D eigenvalue weighted by atomic mass is 16.3. The number of hydrogen-bond donors (Lipinski definition) is 1. The highest BCUT2D eigenvalue weighted by Crippen LogP contribution is 2.28. The zero-order valence-corrected chi connectivity index (χ0v) is 8.97. The summed E-state index contributed by atoms with van der Waals surface area (Å²) in [7, 11) is 0. The molecule has 1 aliphatic rings. The van der Waals surface area contributed by atoms with E-state index in [1.807, 2.05) is 6.92 Å². The molecule has 0 aliphatic heterocycles. The predicted molar refractivity (Wildman–Crippen MR) is 56.7 cm³/mol. The summed E-state index contributed by atoms with van der Waals surface area (Å²) in [5.74, 6) is 0. The van der Waals surface area contributed by atoms with Gasteiger partial charge in [-0.15, -0.1) is 0 Å². The zero-order chi connectivity index (χ0) is 9.73. The van der Waals surface area contributed by atoms with Crippen LogP contribution in [0.4, 0.5) is 0 Å². The first kappa shape index (κ1) is 10.8. The van der Waals surface area contributed by atoms with E-state index in [0.717, 1.165) is 19.3 Å². The van der Waals surface area contributed by atoms with Gasteiger partial charge in [-0.25, -0.2) is 0 Å². The summed E-state index contributed by atoms with van der Waals surface area (Å²) in [5, 5.41) is 10.1. The van der Waals surface area contributed by atoms with Gasteiger partial charge in [0.1, 0.15) is 0 Å². The molecular formula is C12H22O. The highest BCUT2D eigenvalue weighted by Gasteiger charge is 2.22. The second kappa shape index (κ2) is 4.80. The van der Waals surface area contributed by atoms with Crippen LogP contribution in [-0.4, -0.2) is 10.7 Å². The van der Waals surface area contributed by atoms with Crippen molar-refractivity contribution in [3.05, 3.63) is 11.6 Å². The van der Waals surface area contributed by atoms with Gasteiger partial charge in [0.15, 0.2) is 0 Å². The number of allylic oxidation sites excluding steroid dienone is 1. The van der Waals surface area contributed by atoms with Gasteiger partial charge in [0.25, 0.3) is 0 Å². The van der Waals surface area contributed by atoms with Crippen molar-refractivity contribution in [2.24, 2.45) is 0 Å². The minimum Gasteiger partial charge on any atom is -0.386 e. The van der Waals surface area contributed by atoms with Gasteiger partial charge in [0, 0.05) is 0 Å². The third kappa shape index (κ3) is 3.15. The summed E-state index contributed by atoms with van der Waals surface area (Å²) in [6.07, 6.45) is 10.6. The third-order valence-corrected chi connectivity index (χ3v) is 3.17. The Bertz CT molecular complexity index is 180. The maximum atomic E-state index is 10.1. The van der Waals surface area contributed by atoms with Crippen LogP contribution in [0.5, 0.6) is 0 Å². The molecule has 0 fully saturated rings. The van der Waals surface area contributed by atoms with Gasteiger partial charge < -0.3 is 5.11 Å². The lowest BCUT2D eigenvalue weighted by Crippen LogP contribution is -2.26. The Balaban J connectivity index is 2.63. The van der Waals surface area contributed by atoms with Gasteiger partial charge in [-0.3, -0.25) is 0 Å². The van der Waals surface area contributed by atoms with E-state index >= 15 is 0 Å². The smallest absolute Gasteiger partial charge is 0.0826 e.